The second-order valence-corrected chi connectivity index (χ2v) is 2.41. The fraction of sp³-hybridized carbons (Fsp3) is 0.857. The van der Waals surface area contributed by atoms with Crippen LogP contribution in [0.25, 0.3) is 0 Å². The van der Waals surface area contributed by atoms with E-state index in [-0.39, 0.29) is 6.42 Å². The van der Waals surface area contributed by atoms with Crippen molar-refractivity contribution in [3.63, 3.8) is 0 Å². The van der Waals surface area contributed by atoms with Gasteiger partial charge in [0.1, 0.15) is 12.2 Å². The first-order valence-corrected chi connectivity index (χ1v) is 3.63. The Morgan fingerprint density at radius 2 is 2.00 bits per heavy atom. The molecule has 0 fully saturated rings. The maximum Gasteiger partial charge on any atom is 0.164 e. The minimum atomic E-state index is -1.43. The van der Waals surface area contributed by atoms with Gasteiger partial charge in [-0.1, -0.05) is 6.92 Å². The topological polar surface area (TPSA) is 77.8 Å². The minimum absolute atomic E-state index is 0.234. The van der Waals surface area contributed by atoms with Gasteiger partial charge in [-0.05, 0) is 6.42 Å². The zero-order chi connectivity index (χ0) is 8.85. The molecule has 0 saturated carbocycles. The summed E-state index contributed by atoms with van der Waals surface area (Å²) < 4.78 is 0. The van der Waals surface area contributed by atoms with Crippen LogP contribution in [0.5, 0.6) is 0 Å². The number of aliphatic hydroxyl groups is 3. The lowest BCUT2D eigenvalue weighted by Crippen LogP contribution is -2.36. The summed E-state index contributed by atoms with van der Waals surface area (Å²) in [6.45, 7) is 1.21. The standard InChI is InChI=1S/C7H14O4/c1-2-3-5(9)7(11)6(10)4-8/h6-8,10-11H,2-4H2,1H3/t6-,7?/m0/s1. The van der Waals surface area contributed by atoms with Gasteiger partial charge in [0.25, 0.3) is 0 Å². The van der Waals surface area contributed by atoms with Crippen molar-refractivity contribution in [1.29, 1.82) is 0 Å². The van der Waals surface area contributed by atoms with Gasteiger partial charge >= 0.3 is 0 Å². The van der Waals surface area contributed by atoms with Gasteiger partial charge in [-0.2, -0.15) is 0 Å². The Morgan fingerprint density at radius 3 is 2.36 bits per heavy atom. The molecule has 0 radical (unpaired) electrons. The fourth-order valence-corrected chi connectivity index (χ4v) is 0.709. The summed E-state index contributed by atoms with van der Waals surface area (Å²) in [7, 11) is 0. The summed E-state index contributed by atoms with van der Waals surface area (Å²) in [6.07, 6.45) is -1.90. The number of hydrogen-bond acceptors (Lipinski definition) is 4. The van der Waals surface area contributed by atoms with Gasteiger partial charge in [-0.15, -0.1) is 0 Å². The SMILES string of the molecule is CCCC(=O)C(O)[C@@H](O)CO. The molecule has 0 aromatic rings. The smallest absolute Gasteiger partial charge is 0.164 e. The van der Waals surface area contributed by atoms with Gasteiger partial charge < -0.3 is 15.3 Å². The van der Waals surface area contributed by atoms with E-state index in [1.54, 1.807) is 6.92 Å². The second-order valence-electron chi connectivity index (χ2n) is 2.41. The highest BCUT2D eigenvalue weighted by Crippen LogP contribution is 1.99. The highest BCUT2D eigenvalue weighted by atomic mass is 16.4. The molecule has 1 unspecified atom stereocenters. The van der Waals surface area contributed by atoms with E-state index in [0.717, 1.165) is 0 Å². The molecule has 4 heteroatoms. The molecule has 4 nitrogen and oxygen atoms in total. The molecule has 0 aromatic heterocycles. The average molecular weight is 162 g/mol. The van der Waals surface area contributed by atoms with Crippen molar-refractivity contribution in [2.45, 2.75) is 32.0 Å². The summed E-state index contributed by atoms with van der Waals surface area (Å²) in [5.41, 5.74) is 0. The van der Waals surface area contributed by atoms with E-state index in [1.807, 2.05) is 0 Å². The van der Waals surface area contributed by atoms with Gasteiger partial charge in [-0.3, -0.25) is 4.79 Å². The van der Waals surface area contributed by atoms with Gasteiger partial charge in [-0.25, -0.2) is 0 Å². The van der Waals surface area contributed by atoms with Crippen molar-refractivity contribution >= 4 is 5.78 Å². The van der Waals surface area contributed by atoms with Gasteiger partial charge in [0, 0.05) is 6.42 Å². The summed E-state index contributed by atoms with van der Waals surface area (Å²) in [5.74, 6) is -0.422. The first-order chi connectivity index (χ1) is 5.13. The molecule has 3 N–H and O–H groups in total. The predicted octanol–water partition coefficient (Wildman–Crippen LogP) is -0.930. The molecule has 66 valence electrons. The van der Waals surface area contributed by atoms with Gasteiger partial charge in [0.05, 0.1) is 6.61 Å². The monoisotopic (exact) mass is 162 g/mol. The van der Waals surface area contributed by atoms with Crippen molar-refractivity contribution in [3.05, 3.63) is 0 Å². The van der Waals surface area contributed by atoms with E-state index in [1.165, 1.54) is 0 Å². The molecule has 2 atom stereocenters. The van der Waals surface area contributed by atoms with Crippen LogP contribution in [0.2, 0.25) is 0 Å². The lowest BCUT2D eigenvalue weighted by Gasteiger charge is -2.13. The molecule has 0 aliphatic carbocycles. The lowest BCUT2D eigenvalue weighted by atomic mass is 10.1. The van der Waals surface area contributed by atoms with Crippen LogP contribution < -0.4 is 0 Å². The molecular formula is C7H14O4. The third-order valence-corrected chi connectivity index (χ3v) is 1.38. The van der Waals surface area contributed by atoms with Crippen LogP contribution in [0, 0.1) is 0 Å². The van der Waals surface area contributed by atoms with E-state index in [4.69, 9.17) is 15.3 Å². The number of aliphatic hydroxyl groups excluding tert-OH is 3. The first-order valence-electron chi connectivity index (χ1n) is 3.63. The third kappa shape index (κ3) is 3.46. The van der Waals surface area contributed by atoms with Crippen LogP contribution in [0.3, 0.4) is 0 Å². The third-order valence-electron chi connectivity index (χ3n) is 1.38. The zero-order valence-electron chi connectivity index (χ0n) is 6.53. The normalized spacial score (nSPS) is 16.0. The highest BCUT2D eigenvalue weighted by molar-refractivity contribution is 5.83. The molecule has 11 heavy (non-hydrogen) atoms. The molecule has 0 amide bonds. The second kappa shape index (κ2) is 5.23. The molecule has 0 aliphatic heterocycles. The Bertz CT molecular complexity index is 124. The Hall–Kier alpha value is -0.450. The number of carbonyl (C=O) groups excluding carboxylic acids is 1. The summed E-state index contributed by atoms with van der Waals surface area (Å²) in [4.78, 5) is 10.8. The Morgan fingerprint density at radius 1 is 1.45 bits per heavy atom. The van der Waals surface area contributed by atoms with E-state index in [9.17, 15) is 4.79 Å². The van der Waals surface area contributed by atoms with Crippen molar-refractivity contribution in [2.75, 3.05) is 6.61 Å². The highest BCUT2D eigenvalue weighted by Gasteiger charge is 2.21. The van der Waals surface area contributed by atoms with Crippen LogP contribution in [0.15, 0.2) is 0 Å². The van der Waals surface area contributed by atoms with Crippen molar-refractivity contribution < 1.29 is 20.1 Å². The quantitative estimate of drug-likeness (QED) is 0.488. The molecule has 0 rings (SSSR count). The molecule has 0 heterocycles. The Labute approximate surface area is 65.5 Å². The molecule has 0 bridgehead atoms. The van der Waals surface area contributed by atoms with Gasteiger partial charge in [0.15, 0.2) is 5.78 Å². The number of rotatable bonds is 5. The van der Waals surface area contributed by atoms with E-state index in [0.29, 0.717) is 6.42 Å². The van der Waals surface area contributed by atoms with Crippen LogP contribution in [0.1, 0.15) is 19.8 Å². The van der Waals surface area contributed by atoms with Crippen LogP contribution in [-0.4, -0.2) is 39.9 Å². The maximum atomic E-state index is 10.8. The summed E-state index contributed by atoms with van der Waals surface area (Å²) in [5, 5.41) is 26.1. The van der Waals surface area contributed by atoms with Crippen molar-refractivity contribution in [2.24, 2.45) is 0 Å². The predicted molar refractivity (Wildman–Crippen MR) is 39.0 cm³/mol. The molecular weight excluding hydrogens is 148 g/mol. The number of carbonyl (C=O) groups is 1. The summed E-state index contributed by atoms with van der Waals surface area (Å²) in [6, 6.07) is 0. The zero-order valence-corrected chi connectivity index (χ0v) is 6.53. The van der Waals surface area contributed by atoms with E-state index < -0.39 is 24.6 Å². The maximum absolute atomic E-state index is 10.8. The number of hydrogen-bond donors (Lipinski definition) is 3. The first kappa shape index (κ1) is 10.6. The average Bonchev–Trinajstić information content (AvgIpc) is 2.02. The largest absolute Gasteiger partial charge is 0.394 e. The lowest BCUT2D eigenvalue weighted by molar-refractivity contribution is -0.134. The Kier molecular flexibility index (Phi) is 5.02. The Balaban J connectivity index is 3.80. The van der Waals surface area contributed by atoms with Crippen molar-refractivity contribution in [1.82, 2.24) is 0 Å². The van der Waals surface area contributed by atoms with E-state index >= 15 is 0 Å². The molecule has 0 aliphatic rings. The van der Waals surface area contributed by atoms with Gasteiger partial charge in [0.2, 0.25) is 0 Å². The number of Topliss-reactive ketones (excluding diaryl/α,β-unsaturated/α-hetero) is 1. The van der Waals surface area contributed by atoms with Crippen molar-refractivity contribution in [3.8, 4) is 0 Å². The van der Waals surface area contributed by atoms with Crippen LogP contribution in [-0.2, 0) is 4.79 Å². The van der Waals surface area contributed by atoms with Crippen LogP contribution in [0.4, 0.5) is 0 Å². The summed E-state index contributed by atoms with van der Waals surface area (Å²) >= 11 is 0. The molecule has 0 spiro atoms. The fourth-order valence-electron chi connectivity index (χ4n) is 0.709. The number of ketones is 1. The van der Waals surface area contributed by atoms with Crippen LogP contribution >= 0.6 is 0 Å². The molecule has 0 saturated heterocycles. The molecule has 0 aromatic carbocycles. The van der Waals surface area contributed by atoms with E-state index in [2.05, 4.69) is 0 Å². The minimum Gasteiger partial charge on any atom is -0.394 e.